The Balaban J connectivity index is 2.17. The summed E-state index contributed by atoms with van der Waals surface area (Å²) < 4.78 is 32.1. The normalized spacial score (nSPS) is 13.1. The molecule has 1 aromatic carbocycles. The zero-order valence-corrected chi connectivity index (χ0v) is 10.8. The van der Waals surface area contributed by atoms with Crippen molar-refractivity contribution < 1.29 is 13.0 Å². The van der Waals surface area contributed by atoms with E-state index >= 15 is 0 Å². The van der Waals surface area contributed by atoms with E-state index in [0.29, 0.717) is 12.1 Å². The average Bonchev–Trinajstić information content (AvgIpc) is 2.67. The number of fused-ring (bicyclic) bond motifs is 1. The summed E-state index contributed by atoms with van der Waals surface area (Å²) in [5.74, 6) is -0.334. The Morgan fingerprint density at radius 3 is 2.89 bits per heavy atom. The maximum atomic E-state index is 10.7. The molecule has 2 aromatic rings. The summed E-state index contributed by atoms with van der Waals surface area (Å²) in [6.45, 7) is 2.20. The summed E-state index contributed by atoms with van der Waals surface area (Å²) in [5.41, 5.74) is 2.50. The Bertz CT molecular complexity index is 686. The molecule has 0 bridgehead atoms. The van der Waals surface area contributed by atoms with Gasteiger partial charge in [-0.05, 0) is 19.1 Å². The molecule has 0 atom stereocenters. The molecular formula is C12H14N2O3S. The van der Waals surface area contributed by atoms with Gasteiger partial charge in [-0.15, -0.1) is 0 Å². The van der Waals surface area contributed by atoms with Gasteiger partial charge >= 0.3 is 0 Å². The number of allylic oxidation sites excluding steroid dienone is 1. The molecule has 1 N–H and O–H groups in total. The largest absolute Gasteiger partial charge is 0.327 e. The molecule has 0 radical (unpaired) electrons. The molecule has 5 nitrogen and oxygen atoms in total. The second-order valence-corrected chi connectivity index (χ2v) is 5.61. The average molecular weight is 266 g/mol. The summed E-state index contributed by atoms with van der Waals surface area (Å²) in [4.78, 5) is 4.24. The van der Waals surface area contributed by atoms with Gasteiger partial charge < -0.3 is 4.57 Å². The molecule has 1 aromatic heterocycles. The number of imidazole rings is 1. The number of hydrogen-bond donors (Lipinski definition) is 1. The fourth-order valence-corrected chi connectivity index (χ4v) is 2.45. The standard InChI is InChI=1S/C12H14N2O3S/c1-10(8-18(15,16)17)6-7-14-9-13-11-4-2-3-5-12(11)14/h2-6,9H,7-8H2,1H3,(H,15,16,17)/b10-6+. The van der Waals surface area contributed by atoms with Gasteiger partial charge in [0.05, 0.1) is 23.1 Å². The lowest BCUT2D eigenvalue weighted by atomic mass is 10.3. The Morgan fingerprint density at radius 1 is 1.44 bits per heavy atom. The molecule has 2 rings (SSSR count). The molecule has 0 aliphatic carbocycles. The first kappa shape index (κ1) is 12.8. The van der Waals surface area contributed by atoms with Crippen LogP contribution in [0.5, 0.6) is 0 Å². The second-order valence-electron chi connectivity index (χ2n) is 4.16. The number of nitrogens with zero attached hydrogens (tertiary/aromatic N) is 2. The van der Waals surface area contributed by atoms with Crippen LogP contribution in [-0.4, -0.2) is 28.3 Å². The SMILES string of the molecule is C/C(=C\Cn1cnc2ccccc21)CS(=O)(=O)O. The van der Waals surface area contributed by atoms with E-state index in [9.17, 15) is 8.42 Å². The van der Waals surface area contributed by atoms with E-state index in [1.165, 1.54) is 0 Å². The molecule has 18 heavy (non-hydrogen) atoms. The first-order chi connectivity index (χ1) is 8.46. The zero-order chi connectivity index (χ0) is 13.2. The summed E-state index contributed by atoms with van der Waals surface area (Å²) in [7, 11) is -3.95. The van der Waals surface area contributed by atoms with Crippen molar-refractivity contribution in [3.8, 4) is 0 Å². The molecule has 0 unspecified atom stereocenters. The number of hydrogen-bond acceptors (Lipinski definition) is 3. The molecule has 6 heteroatoms. The lowest BCUT2D eigenvalue weighted by Gasteiger charge is -2.02. The molecular weight excluding hydrogens is 252 g/mol. The highest BCUT2D eigenvalue weighted by molar-refractivity contribution is 7.85. The van der Waals surface area contributed by atoms with Crippen LogP contribution in [0, 0.1) is 0 Å². The molecule has 0 saturated heterocycles. The van der Waals surface area contributed by atoms with E-state index < -0.39 is 10.1 Å². The number of aromatic nitrogens is 2. The minimum absolute atomic E-state index is 0.334. The molecule has 0 fully saturated rings. The van der Waals surface area contributed by atoms with Crippen molar-refractivity contribution >= 4 is 21.2 Å². The van der Waals surface area contributed by atoms with Crippen LogP contribution in [0.15, 0.2) is 42.2 Å². The lowest BCUT2D eigenvalue weighted by Crippen LogP contribution is -2.05. The van der Waals surface area contributed by atoms with Gasteiger partial charge in [-0.3, -0.25) is 4.55 Å². The van der Waals surface area contributed by atoms with Crippen LogP contribution >= 0.6 is 0 Å². The third-order valence-electron chi connectivity index (χ3n) is 2.57. The monoisotopic (exact) mass is 266 g/mol. The predicted octanol–water partition coefficient (Wildman–Crippen LogP) is 1.87. The lowest BCUT2D eigenvalue weighted by molar-refractivity contribution is 0.485. The van der Waals surface area contributed by atoms with Crippen molar-refractivity contribution in [3.63, 3.8) is 0 Å². The van der Waals surface area contributed by atoms with Crippen LogP contribution in [-0.2, 0) is 16.7 Å². The fourth-order valence-electron chi connectivity index (χ4n) is 1.76. The molecule has 0 aliphatic heterocycles. The van der Waals surface area contributed by atoms with Gasteiger partial charge in [0.25, 0.3) is 10.1 Å². The van der Waals surface area contributed by atoms with Gasteiger partial charge in [0.2, 0.25) is 0 Å². The van der Waals surface area contributed by atoms with Crippen molar-refractivity contribution in [3.05, 3.63) is 42.2 Å². The van der Waals surface area contributed by atoms with Gasteiger partial charge in [-0.1, -0.05) is 23.8 Å². The molecule has 0 spiro atoms. The van der Waals surface area contributed by atoms with E-state index in [2.05, 4.69) is 4.98 Å². The van der Waals surface area contributed by atoms with Gasteiger partial charge in [0.15, 0.2) is 0 Å². The smallest absolute Gasteiger partial charge is 0.268 e. The van der Waals surface area contributed by atoms with Crippen molar-refractivity contribution in [2.24, 2.45) is 0 Å². The van der Waals surface area contributed by atoms with Crippen LogP contribution in [0.4, 0.5) is 0 Å². The summed E-state index contributed by atoms with van der Waals surface area (Å²) in [5, 5.41) is 0. The number of benzene rings is 1. The summed E-state index contributed by atoms with van der Waals surface area (Å²) >= 11 is 0. The van der Waals surface area contributed by atoms with Crippen LogP contribution in [0.3, 0.4) is 0 Å². The molecule has 96 valence electrons. The summed E-state index contributed by atoms with van der Waals surface area (Å²) in [6.07, 6.45) is 3.48. The fraction of sp³-hybridized carbons (Fsp3) is 0.250. The minimum atomic E-state index is -3.95. The molecule has 1 heterocycles. The predicted molar refractivity (Wildman–Crippen MR) is 69.9 cm³/mol. The van der Waals surface area contributed by atoms with Crippen molar-refractivity contribution in [1.29, 1.82) is 0 Å². The Hall–Kier alpha value is -1.66. The van der Waals surface area contributed by atoms with E-state index in [1.807, 2.05) is 28.8 Å². The Morgan fingerprint density at radius 2 is 2.17 bits per heavy atom. The van der Waals surface area contributed by atoms with E-state index in [4.69, 9.17) is 4.55 Å². The van der Waals surface area contributed by atoms with E-state index in [1.54, 1.807) is 19.3 Å². The van der Waals surface area contributed by atoms with Gasteiger partial charge in [0.1, 0.15) is 0 Å². The van der Waals surface area contributed by atoms with Crippen molar-refractivity contribution in [2.45, 2.75) is 13.5 Å². The number of para-hydroxylation sites is 2. The highest BCUT2D eigenvalue weighted by Crippen LogP contribution is 2.12. The number of rotatable bonds is 4. The molecule has 0 amide bonds. The topological polar surface area (TPSA) is 72.2 Å². The third-order valence-corrected chi connectivity index (χ3v) is 3.39. The third kappa shape index (κ3) is 3.18. The zero-order valence-electron chi connectivity index (χ0n) is 9.94. The van der Waals surface area contributed by atoms with Crippen LogP contribution in [0.2, 0.25) is 0 Å². The highest BCUT2D eigenvalue weighted by Gasteiger charge is 2.05. The van der Waals surface area contributed by atoms with E-state index in [0.717, 1.165) is 11.0 Å². The van der Waals surface area contributed by atoms with Crippen LogP contribution < -0.4 is 0 Å². The molecule has 0 saturated carbocycles. The highest BCUT2D eigenvalue weighted by atomic mass is 32.2. The molecule has 0 aliphatic rings. The first-order valence-corrected chi connectivity index (χ1v) is 7.07. The van der Waals surface area contributed by atoms with Gasteiger partial charge in [0, 0.05) is 6.54 Å². The second kappa shape index (κ2) is 4.91. The quantitative estimate of drug-likeness (QED) is 0.677. The van der Waals surface area contributed by atoms with Crippen LogP contribution in [0.25, 0.3) is 11.0 Å². The maximum absolute atomic E-state index is 10.7. The summed E-state index contributed by atoms with van der Waals surface area (Å²) in [6, 6.07) is 7.71. The minimum Gasteiger partial charge on any atom is -0.327 e. The Labute approximate surface area is 106 Å². The first-order valence-electron chi connectivity index (χ1n) is 5.46. The van der Waals surface area contributed by atoms with Crippen LogP contribution in [0.1, 0.15) is 6.92 Å². The van der Waals surface area contributed by atoms with Crippen molar-refractivity contribution in [1.82, 2.24) is 9.55 Å². The maximum Gasteiger partial charge on any atom is 0.268 e. The van der Waals surface area contributed by atoms with Crippen molar-refractivity contribution in [2.75, 3.05) is 5.75 Å². The Kier molecular flexibility index (Phi) is 3.49. The van der Waals surface area contributed by atoms with E-state index in [-0.39, 0.29) is 5.75 Å². The van der Waals surface area contributed by atoms with Gasteiger partial charge in [-0.2, -0.15) is 8.42 Å². The van der Waals surface area contributed by atoms with Gasteiger partial charge in [-0.25, -0.2) is 4.98 Å².